The van der Waals surface area contributed by atoms with Crippen molar-refractivity contribution >= 4 is 36.0 Å². The Hall–Kier alpha value is 2.22. The van der Waals surface area contributed by atoms with Crippen LogP contribution in [-0.2, 0) is 33.3 Å². The Labute approximate surface area is 68.4 Å². The molecule has 0 amide bonds. The zero-order chi connectivity index (χ0) is 2.00. The summed E-state index contributed by atoms with van der Waals surface area (Å²) in [6, 6.07) is 0. The van der Waals surface area contributed by atoms with Gasteiger partial charge in [-0.2, -0.15) is 0 Å². The molecule has 4 heavy (non-hydrogen) atoms. The van der Waals surface area contributed by atoms with Crippen LogP contribution in [0.5, 0.6) is 0 Å². The van der Waals surface area contributed by atoms with Crippen molar-refractivity contribution in [3.05, 3.63) is 0 Å². The second kappa shape index (κ2) is 18.9. The van der Waals surface area contributed by atoms with Gasteiger partial charge >= 0.3 is 52.5 Å². The molecule has 0 saturated carbocycles. The third-order valence-electron chi connectivity index (χ3n) is 0. The molecule has 0 unspecified atom stereocenters. The topological polar surface area (TPSA) is 0 Å². The molecule has 23 valence electrons. The van der Waals surface area contributed by atoms with E-state index in [0.717, 1.165) is 16.6 Å². The molecule has 0 heterocycles. The van der Waals surface area contributed by atoms with Crippen LogP contribution >= 0.6 is 10.1 Å². The summed E-state index contributed by atoms with van der Waals surface area (Å²) in [6.45, 7) is 0. The predicted molar refractivity (Wildman–Crippen MR) is 17.5 cm³/mol. The molecule has 0 rings (SSSR count). The van der Waals surface area contributed by atoms with Crippen molar-refractivity contribution in [3.63, 3.8) is 0 Å². The maximum absolute atomic E-state index is 4.21. The normalized spacial score (nSPS) is 1.50. The van der Waals surface area contributed by atoms with E-state index < -0.39 is 0 Å². The van der Waals surface area contributed by atoms with Crippen molar-refractivity contribution in [2.75, 3.05) is 0 Å². The summed E-state index contributed by atoms with van der Waals surface area (Å²) in [5, 5.41) is 0. The van der Waals surface area contributed by atoms with Crippen molar-refractivity contribution in [1.82, 2.24) is 0 Å². The van der Waals surface area contributed by atoms with Crippen LogP contribution in [0.15, 0.2) is 0 Å². The van der Waals surface area contributed by atoms with Gasteiger partial charge < -0.3 is 0 Å². The van der Waals surface area contributed by atoms with Crippen molar-refractivity contribution in [1.29, 1.82) is 0 Å². The number of hydrogen-bond donors (Lipinski definition) is 0. The summed E-state index contributed by atoms with van der Waals surface area (Å²) >= 11 is 0.958. The standard InChI is InChI=1S/Co.In.S.Zn.3H. The molecular weight excluding hydrogens is 271 g/mol. The van der Waals surface area contributed by atoms with Gasteiger partial charge in [0.25, 0.3) is 0 Å². The Kier molecular flexibility index (Phi) is 77.1. The molecular formula is H3CoInSZn. The first-order valence-electron chi connectivity index (χ1n) is 0.289. The van der Waals surface area contributed by atoms with Gasteiger partial charge in [0.2, 0.25) is 0 Å². The van der Waals surface area contributed by atoms with E-state index in [-0.39, 0.29) is 42.6 Å². The van der Waals surface area contributed by atoms with Gasteiger partial charge in [0, 0.05) is 16.8 Å². The first-order chi connectivity index (χ1) is 1.00. The average molecular weight is 274 g/mol. The zero-order valence-electron chi connectivity index (χ0n) is 1.45. The second-order valence-corrected chi connectivity index (χ2v) is 0. The molecule has 0 aliphatic rings. The number of hydrogen-bond acceptors (Lipinski definition) is 1. The van der Waals surface area contributed by atoms with Crippen molar-refractivity contribution < 1.29 is 33.3 Å². The van der Waals surface area contributed by atoms with E-state index >= 15 is 0 Å². The van der Waals surface area contributed by atoms with Crippen LogP contribution < -0.4 is 0 Å². The first-order valence-corrected chi connectivity index (χ1v) is 4.50. The molecule has 0 aliphatic carbocycles. The van der Waals surface area contributed by atoms with Crippen molar-refractivity contribution in [3.8, 4) is 0 Å². The first kappa shape index (κ1) is 16.3. The van der Waals surface area contributed by atoms with Crippen LogP contribution in [0.3, 0.4) is 0 Å². The van der Waals surface area contributed by atoms with Crippen LogP contribution in [0, 0.1) is 0 Å². The second-order valence-electron chi connectivity index (χ2n) is 0. The van der Waals surface area contributed by atoms with Gasteiger partial charge in [-0.1, -0.05) is 0 Å². The molecule has 0 saturated heterocycles. The molecule has 0 nitrogen and oxygen atoms in total. The third kappa shape index (κ3) is 8.88. The van der Waals surface area contributed by atoms with Crippen molar-refractivity contribution in [2.24, 2.45) is 0 Å². The fourth-order valence-electron chi connectivity index (χ4n) is 0. The maximum atomic E-state index is 4.21. The van der Waals surface area contributed by atoms with Crippen LogP contribution in [0.1, 0.15) is 0 Å². The SMILES string of the molecule is [Co].[InH3].[S]=[Zn]. The van der Waals surface area contributed by atoms with Gasteiger partial charge in [-0.25, -0.2) is 0 Å². The Morgan fingerprint density at radius 2 is 1.25 bits per heavy atom. The third-order valence-corrected chi connectivity index (χ3v) is 0. The van der Waals surface area contributed by atoms with Gasteiger partial charge in [0.05, 0.1) is 0 Å². The van der Waals surface area contributed by atoms with E-state index in [1.165, 1.54) is 0 Å². The molecule has 0 aliphatic heterocycles. The van der Waals surface area contributed by atoms with Gasteiger partial charge in [0.1, 0.15) is 0 Å². The Bertz CT molecular complexity index is 8.00. The monoisotopic (exact) mass is 273 g/mol. The number of rotatable bonds is 0. The molecule has 4 heteroatoms. The molecule has 0 aromatic heterocycles. The molecule has 0 bridgehead atoms. The van der Waals surface area contributed by atoms with E-state index in [1.54, 1.807) is 0 Å². The summed E-state index contributed by atoms with van der Waals surface area (Å²) in [4.78, 5) is 0. The Balaban J connectivity index is -0.00000000500. The summed E-state index contributed by atoms with van der Waals surface area (Å²) < 4.78 is 0. The van der Waals surface area contributed by atoms with E-state index in [2.05, 4.69) is 10.1 Å². The summed E-state index contributed by atoms with van der Waals surface area (Å²) in [7, 11) is 4.21. The summed E-state index contributed by atoms with van der Waals surface area (Å²) in [5.41, 5.74) is 0. The van der Waals surface area contributed by atoms with Gasteiger partial charge in [-0.05, 0) is 0 Å². The van der Waals surface area contributed by atoms with Gasteiger partial charge in [-0.3, -0.25) is 0 Å². The van der Waals surface area contributed by atoms with E-state index in [0.29, 0.717) is 0 Å². The summed E-state index contributed by atoms with van der Waals surface area (Å²) in [5.74, 6) is 0. The van der Waals surface area contributed by atoms with Crippen LogP contribution in [0.4, 0.5) is 0 Å². The minimum atomic E-state index is 0. The van der Waals surface area contributed by atoms with Gasteiger partial charge in [-0.15, -0.1) is 0 Å². The molecule has 0 fully saturated rings. The van der Waals surface area contributed by atoms with Gasteiger partial charge in [0.15, 0.2) is 0 Å². The van der Waals surface area contributed by atoms with E-state index in [1.807, 2.05) is 0 Å². The van der Waals surface area contributed by atoms with Crippen LogP contribution in [0.2, 0.25) is 0 Å². The Morgan fingerprint density at radius 1 is 1.25 bits per heavy atom. The minimum absolute atomic E-state index is 0. The molecule has 0 N–H and O–H groups in total. The molecule has 0 atom stereocenters. The van der Waals surface area contributed by atoms with Crippen LogP contribution in [0.25, 0.3) is 0 Å². The van der Waals surface area contributed by atoms with E-state index in [9.17, 15) is 0 Å². The van der Waals surface area contributed by atoms with Crippen molar-refractivity contribution in [2.45, 2.75) is 0 Å². The Morgan fingerprint density at radius 3 is 1.25 bits per heavy atom. The quantitative estimate of drug-likeness (QED) is 0.535. The average Bonchev–Trinajstić information content (AvgIpc) is 1.00. The molecule has 0 aromatic rings. The fourth-order valence-corrected chi connectivity index (χ4v) is 0. The fraction of sp³-hybridized carbons (Fsp3) is 0. The predicted octanol–water partition coefficient (Wildman–Crippen LogP) is -0.541. The van der Waals surface area contributed by atoms with E-state index in [4.69, 9.17) is 0 Å². The zero-order valence-corrected chi connectivity index (χ0v) is 6.27. The summed E-state index contributed by atoms with van der Waals surface area (Å²) in [6.07, 6.45) is 0. The molecule has 0 spiro atoms. The molecule has 0 aromatic carbocycles. The van der Waals surface area contributed by atoms with Crippen LogP contribution in [-0.4, -0.2) is 25.8 Å². The molecule has 1 radical (unpaired) electrons.